The zero-order chi connectivity index (χ0) is 18.9. The predicted molar refractivity (Wildman–Crippen MR) is 95.8 cm³/mol. The molecule has 0 bridgehead atoms. The van der Waals surface area contributed by atoms with Crippen molar-refractivity contribution in [2.45, 2.75) is 17.9 Å². The number of rotatable bonds is 4. The van der Waals surface area contributed by atoms with E-state index in [2.05, 4.69) is 9.71 Å². The highest BCUT2D eigenvalue weighted by molar-refractivity contribution is 7.90. The molecule has 2 aromatic carbocycles. The molecule has 6 nitrogen and oxygen atoms in total. The van der Waals surface area contributed by atoms with E-state index in [1.54, 1.807) is 44.3 Å². The summed E-state index contributed by atoms with van der Waals surface area (Å²) in [6.07, 6.45) is 0. The highest BCUT2D eigenvalue weighted by Crippen LogP contribution is 2.26. The summed E-state index contributed by atoms with van der Waals surface area (Å²) in [4.78, 5) is 13.9. The van der Waals surface area contributed by atoms with Crippen LogP contribution >= 0.6 is 0 Å². The summed E-state index contributed by atoms with van der Waals surface area (Å²) in [5.74, 6) is -0.398. The largest absolute Gasteiger partial charge is 0.349 e. The summed E-state index contributed by atoms with van der Waals surface area (Å²) >= 11 is 0. The maximum atomic E-state index is 13.0. The SMILES string of the molecule is C[C@H](NC(=O)CN(C)C1=NS(=O)(=O)c2ccccc21)c1ccc(F)cc1. The lowest BCUT2D eigenvalue weighted by Crippen LogP contribution is -2.39. The molecular weight excluding hydrogens is 357 g/mol. The Hall–Kier alpha value is -2.74. The van der Waals surface area contributed by atoms with E-state index < -0.39 is 10.0 Å². The molecule has 8 heteroatoms. The van der Waals surface area contributed by atoms with Crippen molar-refractivity contribution < 1.29 is 17.6 Å². The van der Waals surface area contributed by atoms with Crippen LogP contribution in [0.1, 0.15) is 24.1 Å². The second-order valence-corrected chi connectivity index (χ2v) is 7.66. The topological polar surface area (TPSA) is 78.8 Å². The molecule has 0 spiro atoms. The van der Waals surface area contributed by atoms with E-state index in [-0.39, 0.29) is 35.0 Å². The van der Waals surface area contributed by atoms with Crippen LogP contribution in [0, 0.1) is 5.82 Å². The molecule has 136 valence electrons. The number of benzene rings is 2. The fourth-order valence-electron chi connectivity index (χ4n) is 2.78. The lowest BCUT2D eigenvalue weighted by atomic mass is 10.1. The average molecular weight is 375 g/mol. The zero-order valence-corrected chi connectivity index (χ0v) is 15.1. The number of nitrogens with one attached hydrogen (secondary N) is 1. The van der Waals surface area contributed by atoms with Crippen molar-refractivity contribution in [3.05, 3.63) is 65.5 Å². The second-order valence-electron chi connectivity index (χ2n) is 6.08. The lowest BCUT2D eigenvalue weighted by Gasteiger charge is -2.20. The maximum Gasteiger partial charge on any atom is 0.285 e. The van der Waals surface area contributed by atoms with Gasteiger partial charge in [0.15, 0.2) is 5.84 Å². The summed E-state index contributed by atoms with van der Waals surface area (Å²) in [5.41, 5.74) is 1.25. The van der Waals surface area contributed by atoms with Gasteiger partial charge in [-0.15, -0.1) is 4.40 Å². The molecule has 2 aromatic rings. The van der Waals surface area contributed by atoms with E-state index in [0.29, 0.717) is 5.56 Å². The summed E-state index contributed by atoms with van der Waals surface area (Å²) in [6, 6.07) is 12.1. The molecule has 1 N–H and O–H groups in total. The minimum Gasteiger partial charge on any atom is -0.349 e. The van der Waals surface area contributed by atoms with Gasteiger partial charge in [0, 0.05) is 12.6 Å². The Labute approximate surface area is 151 Å². The number of halogens is 1. The number of carbonyl (C=O) groups excluding carboxylic acids is 1. The fourth-order valence-corrected chi connectivity index (χ4v) is 4.03. The van der Waals surface area contributed by atoms with Crippen LogP contribution in [0.5, 0.6) is 0 Å². The Kier molecular flexibility index (Phi) is 4.78. The summed E-state index contributed by atoms with van der Waals surface area (Å²) in [5, 5.41) is 2.81. The molecule has 1 aliphatic heterocycles. The van der Waals surface area contributed by atoms with E-state index in [1.807, 2.05) is 0 Å². The van der Waals surface area contributed by atoms with Gasteiger partial charge in [0.2, 0.25) is 5.91 Å². The van der Waals surface area contributed by atoms with Crippen molar-refractivity contribution >= 4 is 21.8 Å². The number of carbonyl (C=O) groups is 1. The third-order valence-electron chi connectivity index (χ3n) is 4.10. The summed E-state index contributed by atoms with van der Waals surface area (Å²) in [6.45, 7) is 1.73. The normalized spacial score (nSPS) is 15.7. The van der Waals surface area contributed by atoms with Gasteiger partial charge in [-0.2, -0.15) is 8.42 Å². The molecule has 0 unspecified atom stereocenters. The Balaban J connectivity index is 1.69. The van der Waals surface area contributed by atoms with Gasteiger partial charge in [-0.05, 0) is 36.8 Å². The van der Waals surface area contributed by atoms with Crippen molar-refractivity contribution in [2.24, 2.45) is 4.40 Å². The van der Waals surface area contributed by atoms with Crippen LogP contribution in [0.2, 0.25) is 0 Å². The van der Waals surface area contributed by atoms with E-state index in [0.717, 1.165) is 5.56 Å². The van der Waals surface area contributed by atoms with Gasteiger partial charge >= 0.3 is 0 Å². The van der Waals surface area contributed by atoms with Crippen molar-refractivity contribution in [3.8, 4) is 0 Å². The first-order valence-corrected chi connectivity index (χ1v) is 9.42. The summed E-state index contributed by atoms with van der Waals surface area (Å²) < 4.78 is 41.0. The number of amides is 1. The average Bonchev–Trinajstić information content (AvgIpc) is 2.87. The number of nitrogens with zero attached hydrogens (tertiary/aromatic N) is 2. The monoisotopic (exact) mass is 375 g/mol. The van der Waals surface area contributed by atoms with Crippen molar-refractivity contribution in [1.29, 1.82) is 0 Å². The maximum absolute atomic E-state index is 13.0. The number of amidine groups is 1. The van der Waals surface area contributed by atoms with Crippen LogP contribution in [-0.2, 0) is 14.8 Å². The van der Waals surface area contributed by atoms with Gasteiger partial charge < -0.3 is 10.2 Å². The number of sulfonamides is 1. The number of likely N-dealkylation sites (N-methyl/N-ethyl adjacent to an activating group) is 1. The molecule has 26 heavy (non-hydrogen) atoms. The van der Waals surface area contributed by atoms with Crippen LogP contribution in [0.25, 0.3) is 0 Å². The Morgan fingerprint density at radius 3 is 2.54 bits per heavy atom. The second kappa shape index (κ2) is 6.87. The number of fused-ring (bicyclic) bond motifs is 1. The predicted octanol–water partition coefficient (Wildman–Crippen LogP) is 2.08. The van der Waals surface area contributed by atoms with Crippen LogP contribution in [0.15, 0.2) is 57.8 Å². The highest BCUT2D eigenvalue weighted by Gasteiger charge is 2.31. The van der Waals surface area contributed by atoms with E-state index in [9.17, 15) is 17.6 Å². The highest BCUT2D eigenvalue weighted by atomic mass is 32.2. The van der Waals surface area contributed by atoms with Crippen LogP contribution in [-0.4, -0.2) is 38.7 Å². The van der Waals surface area contributed by atoms with Gasteiger partial charge in [-0.1, -0.05) is 24.3 Å². The summed E-state index contributed by atoms with van der Waals surface area (Å²) in [7, 11) is -2.12. The van der Waals surface area contributed by atoms with Gasteiger partial charge in [0.25, 0.3) is 10.0 Å². The number of hydrogen-bond acceptors (Lipinski definition) is 4. The quantitative estimate of drug-likeness (QED) is 0.888. The smallest absolute Gasteiger partial charge is 0.285 e. The Bertz CT molecular complexity index is 971. The molecule has 0 aromatic heterocycles. The molecule has 0 aliphatic carbocycles. The molecule has 0 saturated heterocycles. The molecule has 1 atom stereocenters. The zero-order valence-electron chi connectivity index (χ0n) is 14.3. The van der Waals surface area contributed by atoms with Crippen molar-refractivity contribution in [1.82, 2.24) is 10.2 Å². The van der Waals surface area contributed by atoms with Gasteiger partial charge in [0.1, 0.15) is 10.7 Å². The van der Waals surface area contributed by atoms with Crippen molar-refractivity contribution in [2.75, 3.05) is 13.6 Å². The molecule has 1 amide bonds. The third kappa shape index (κ3) is 3.60. The third-order valence-corrected chi connectivity index (χ3v) is 5.43. The Morgan fingerprint density at radius 2 is 1.85 bits per heavy atom. The molecule has 0 saturated carbocycles. The van der Waals surface area contributed by atoms with Gasteiger partial charge in [-0.25, -0.2) is 4.39 Å². The minimum atomic E-state index is -3.73. The van der Waals surface area contributed by atoms with Crippen LogP contribution in [0.3, 0.4) is 0 Å². The Morgan fingerprint density at radius 1 is 1.19 bits per heavy atom. The lowest BCUT2D eigenvalue weighted by molar-refractivity contribution is -0.121. The van der Waals surface area contributed by atoms with Crippen molar-refractivity contribution in [3.63, 3.8) is 0 Å². The molecule has 0 fully saturated rings. The number of hydrogen-bond donors (Lipinski definition) is 1. The van der Waals surface area contributed by atoms with Crippen LogP contribution in [0.4, 0.5) is 4.39 Å². The van der Waals surface area contributed by atoms with E-state index in [1.165, 1.54) is 23.1 Å². The minimum absolute atomic E-state index is 0.0613. The first-order valence-electron chi connectivity index (χ1n) is 7.98. The standard InChI is InChI=1S/C18H18FN3O3S/c1-12(13-7-9-14(19)10-8-13)20-17(23)11-22(2)18-15-5-3-4-6-16(15)26(24,25)21-18/h3-10,12H,11H2,1-2H3,(H,20,23)/t12-/m0/s1. The molecule has 1 aliphatic rings. The van der Waals surface area contributed by atoms with Gasteiger partial charge in [-0.3, -0.25) is 4.79 Å². The first-order chi connectivity index (χ1) is 12.3. The molecular formula is C18H18FN3O3S. The van der Waals surface area contributed by atoms with E-state index >= 15 is 0 Å². The van der Waals surface area contributed by atoms with E-state index in [4.69, 9.17) is 0 Å². The fraction of sp³-hybridized carbons (Fsp3) is 0.222. The molecule has 3 rings (SSSR count). The molecule has 1 heterocycles. The van der Waals surface area contributed by atoms with Gasteiger partial charge in [0.05, 0.1) is 12.6 Å². The molecule has 0 radical (unpaired) electrons. The van der Waals surface area contributed by atoms with Crippen LogP contribution < -0.4 is 5.32 Å². The first kappa shape index (κ1) is 18.1.